The van der Waals surface area contributed by atoms with E-state index in [2.05, 4.69) is 23.9 Å². The molecule has 0 bridgehead atoms. The summed E-state index contributed by atoms with van der Waals surface area (Å²) in [7, 11) is 1.60. The van der Waals surface area contributed by atoms with Gasteiger partial charge in [0.2, 0.25) is 0 Å². The summed E-state index contributed by atoms with van der Waals surface area (Å²) in [6.07, 6.45) is 1.95. The van der Waals surface area contributed by atoms with E-state index in [0.29, 0.717) is 12.3 Å². The number of hydrogen-bond donors (Lipinski definition) is 1. The SMILES string of the molecule is COC(C)(C)C(C)(O)Cc1ncnn1CC(C)C. The molecule has 0 spiro atoms. The Labute approximate surface area is 109 Å². The molecule has 0 aromatic carbocycles. The molecule has 0 aliphatic heterocycles. The Morgan fingerprint density at radius 2 is 2.00 bits per heavy atom. The van der Waals surface area contributed by atoms with Crippen molar-refractivity contribution in [1.82, 2.24) is 14.8 Å². The van der Waals surface area contributed by atoms with Gasteiger partial charge in [-0.05, 0) is 26.7 Å². The molecule has 0 amide bonds. The molecule has 104 valence electrons. The van der Waals surface area contributed by atoms with Gasteiger partial charge in [-0.1, -0.05) is 13.8 Å². The van der Waals surface area contributed by atoms with Crippen LogP contribution in [0.15, 0.2) is 6.33 Å². The summed E-state index contributed by atoms with van der Waals surface area (Å²) < 4.78 is 7.22. The fraction of sp³-hybridized carbons (Fsp3) is 0.846. The van der Waals surface area contributed by atoms with Crippen LogP contribution >= 0.6 is 0 Å². The molecule has 1 atom stereocenters. The Morgan fingerprint density at radius 1 is 1.39 bits per heavy atom. The summed E-state index contributed by atoms with van der Waals surface area (Å²) in [5, 5.41) is 14.8. The third-order valence-corrected chi connectivity index (χ3v) is 3.54. The van der Waals surface area contributed by atoms with Gasteiger partial charge in [0.25, 0.3) is 0 Å². The van der Waals surface area contributed by atoms with Crippen LogP contribution < -0.4 is 0 Å². The molecule has 1 aromatic rings. The largest absolute Gasteiger partial charge is 0.387 e. The number of ether oxygens (including phenoxy) is 1. The van der Waals surface area contributed by atoms with Crippen LogP contribution in [0.1, 0.15) is 40.4 Å². The van der Waals surface area contributed by atoms with Gasteiger partial charge in [0.05, 0.1) is 11.2 Å². The van der Waals surface area contributed by atoms with Gasteiger partial charge in [-0.3, -0.25) is 0 Å². The second kappa shape index (κ2) is 5.36. The van der Waals surface area contributed by atoms with Gasteiger partial charge in [-0.15, -0.1) is 0 Å². The third-order valence-electron chi connectivity index (χ3n) is 3.54. The van der Waals surface area contributed by atoms with E-state index in [4.69, 9.17) is 4.74 Å². The molecular formula is C13H25N3O2. The molecule has 1 rings (SSSR count). The van der Waals surface area contributed by atoms with E-state index < -0.39 is 11.2 Å². The highest BCUT2D eigenvalue weighted by atomic mass is 16.5. The maximum atomic E-state index is 10.6. The Hall–Kier alpha value is -0.940. The molecule has 1 unspecified atom stereocenters. The molecule has 0 radical (unpaired) electrons. The van der Waals surface area contributed by atoms with Gasteiger partial charge in [-0.25, -0.2) is 9.67 Å². The van der Waals surface area contributed by atoms with Crippen molar-refractivity contribution in [1.29, 1.82) is 0 Å². The van der Waals surface area contributed by atoms with E-state index in [1.165, 1.54) is 6.33 Å². The van der Waals surface area contributed by atoms with Crippen LogP contribution in [0.5, 0.6) is 0 Å². The molecule has 0 saturated heterocycles. The van der Waals surface area contributed by atoms with Crippen molar-refractivity contribution in [2.24, 2.45) is 5.92 Å². The van der Waals surface area contributed by atoms with Gasteiger partial charge in [0.15, 0.2) is 0 Å². The molecule has 1 heterocycles. The van der Waals surface area contributed by atoms with Crippen molar-refractivity contribution in [3.63, 3.8) is 0 Å². The summed E-state index contributed by atoms with van der Waals surface area (Å²) in [5.74, 6) is 1.28. The Kier molecular flexibility index (Phi) is 4.50. The normalized spacial score (nSPS) is 16.0. The lowest BCUT2D eigenvalue weighted by atomic mass is 9.84. The van der Waals surface area contributed by atoms with Crippen molar-refractivity contribution >= 4 is 0 Å². The zero-order chi connectivity index (χ0) is 14.0. The maximum absolute atomic E-state index is 10.6. The zero-order valence-electron chi connectivity index (χ0n) is 12.3. The van der Waals surface area contributed by atoms with Crippen molar-refractivity contribution < 1.29 is 9.84 Å². The topological polar surface area (TPSA) is 60.2 Å². The van der Waals surface area contributed by atoms with Crippen LogP contribution in [0.25, 0.3) is 0 Å². The molecule has 0 fully saturated rings. The summed E-state index contributed by atoms with van der Waals surface area (Å²) >= 11 is 0. The van der Waals surface area contributed by atoms with Gasteiger partial charge < -0.3 is 9.84 Å². The van der Waals surface area contributed by atoms with E-state index in [1.54, 1.807) is 14.0 Å². The summed E-state index contributed by atoms with van der Waals surface area (Å²) in [6.45, 7) is 10.6. The zero-order valence-corrected chi connectivity index (χ0v) is 12.3. The van der Waals surface area contributed by atoms with Crippen LogP contribution in [0.3, 0.4) is 0 Å². The molecular weight excluding hydrogens is 230 g/mol. The fourth-order valence-electron chi connectivity index (χ4n) is 1.66. The second-order valence-corrected chi connectivity index (χ2v) is 5.92. The number of rotatable bonds is 6. The van der Waals surface area contributed by atoms with Gasteiger partial charge in [-0.2, -0.15) is 5.10 Å². The summed E-state index contributed by atoms with van der Waals surface area (Å²) in [6, 6.07) is 0. The Morgan fingerprint density at radius 3 is 2.50 bits per heavy atom. The molecule has 18 heavy (non-hydrogen) atoms. The maximum Gasteiger partial charge on any atom is 0.138 e. The molecule has 0 saturated carbocycles. The fourth-order valence-corrected chi connectivity index (χ4v) is 1.66. The van der Waals surface area contributed by atoms with Gasteiger partial charge in [0.1, 0.15) is 12.2 Å². The number of aliphatic hydroxyl groups is 1. The highest BCUT2D eigenvalue weighted by Gasteiger charge is 2.40. The lowest BCUT2D eigenvalue weighted by molar-refractivity contribution is -0.140. The van der Waals surface area contributed by atoms with Crippen molar-refractivity contribution in [2.45, 2.75) is 58.8 Å². The first-order chi connectivity index (χ1) is 8.19. The smallest absolute Gasteiger partial charge is 0.138 e. The predicted octanol–water partition coefficient (Wildman–Crippen LogP) is 1.65. The monoisotopic (exact) mass is 255 g/mol. The first-order valence-electron chi connectivity index (χ1n) is 6.34. The number of hydrogen-bond acceptors (Lipinski definition) is 4. The Bertz CT molecular complexity index is 383. The van der Waals surface area contributed by atoms with Crippen LogP contribution in [-0.4, -0.2) is 38.2 Å². The van der Waals surface area contributed by atoms with E-state index in [-0.39, 0.29) is 0 Å². The van der Waals surface area contributed by atoms with E-state index >= 15 is 0 Å². The molecule has 1 aromatic heterocycles. The van der Waals surface area contributed by atoms with Crippen molar-refractivity contribution in [2.75, 3.05) is 7.11 Å². The molecule has 5 nitrogen and oxygen atoms in total. The lowest BCUT2D eigenvalue weighted by Crippen LogP contribution is -2.51. The average molecular weight is 255 g/mol. The van der Waals surface area contributed by atoms with Gasteiger partial charge in [0, 0.05) is 20.1 Å². The first-order valence-corrected chi connectivity index (χ1v) is 6.34. The van der Waals surface area contributed by atoms with E-state index in [0.717, 1.165) is 12.4 Å². The minimum atomic E-state index is -0.997. The highest BCUT2D eigenvalue weighted by molar-refractivity contribution is 5.00. The molecule has 0 aliphatic carbocycles. The minimum Gasteiger partial charge on any atom is -0.387 e. The van der Waals surface area contributed by atoms with E-state index in [1.807, 2.05) is 18.5 Å². The standard InChI is InChI=1S/C13H25N3O2/c1-10(2)8-16-11(14-9-15-16)7-13(5,17)12(3,4)18-6/h9-10,17H,7-8H2,1-6H3. The highest BCUT2D eigenvalue weighted by Crippen LogP contribution is 2.28. The van der Waals surface area contributed by atoms with E-state index in [9.17, 15) is 5.11 Å². The van der Waals surface area contributed by atoms with Gasteiger partial charge >= 0.3 is 0 Å². The number of nitrogens with zero attached hydrogens (tertiary/aromatic N) is 3. The number of methoxy groups -OCH3 is 1. The molecule has 1 N–H and O–H groups in total. The van der Waals surface area contributed by atoms with Crippen molar-refractivity contribution in [3.05, 3.63) is 12.2 Å². The number of aromatic nitrogens is 3. The summed E-state index contributed by atoms with van der Waals surface area (Å²) in [5.41, 5.74) is -1.63. The minimum absolute atomic E-state index is 0.417. The predicted molar refractivity (Wildman–Crippen MR) is 70.3 cm³/mol. The summed E-state index contributed by atoms with van der Waals surface area (Å²) in [4.78, 5) is 4.24. The average Bonchev–Trinajstić information content (AvgIpc) is 2.64. The lowest BCUT2D eigenvalue weighted by Gasteiger charge is -2.38. The van der Waals surface area contributed by atoms with Crippen LogP contribution in [0.2, 0.25) is 0 Å². The second-order valence-electron chi connectivity index (χ2n) is 5.92. The Balaban J connectivity index is 2.87. The van der Waals surface area contributed by atoms with Crippen LogP contribution in [0.4, 0.5) is 0 Å². The quantitative estimate of drug-likeness (QED) is 0.839. The molecule has 5 heteroatoms. The molecule has 0 aliphatic rings. The van der Waals surface area contributed by atoms with Crippen LogP contribution in [-0.2, 0) is 17.7 Å². The first kappa shape index (κ1) is 15.1. The third kappa shape index (κ3) is 3.29. The van der Waals surface area contributed by atoms with Crippen LogP contribution in [0, 0.1) is 5.92 Å². The van der Waals surface area contributed by atoms with Crippen molar-refractivity contribution in [3.8, 4) is 0 Å².